The molecule has 1 aromatic rings. The first kappa shape index (κ1) is 12.9. The lowest BCUT2D eigenvalue weighted by Crippen LogP contribution is -1.89. The summed E-state index contributed by atoms with van der Waals surface area (Å²) in [6, 6.07) is 3.26. The predicted molar refractivity (Wildman–Crippen MR) is 67.0 cm³/mol. The fourth-order valence-electron chi connectivity index (χ4n) is 1.94. The lowest BCUT2D eigenvalue weighted by molar-refractivity contribution is 0.448. The Bertz CT molecular complexity index is 332. The molecule has 90 valence electrons. The van der Waals surface area contributed by atoms with Crippen LogP contribution in [0.1, 0.15) is 50.2 Å². The molecule has 2 heteroatoms. The summed E-state index contributed by atoms with van der Waals surface area (Å²) in [5.74, 6) is 0.590. The van der Waals surface area contributed by atoms with Gasteiger partial charge in [-0.1, -0.05) is 32.6 Å². The molecule has 0 aliphatic rings. The first-order valence-corrected chi connectivity index (χ1v) is 6.16. The normalized spacial score (nSPS) is 10.6. The van der Waals surface area contributed by atoms with Crippen molar-refractivity contribution >= 4 is 0 Å². The van der Waals surface area contributed by atoms with E-state index in [1.54, 1.807) is 12.1 Å². The highest BCUT2D eigenvalue weighted by Crippen LogP contribution is 2.28. The van der Waals surface area contributed by atoms with Gasteiger partial charge in [0.25, 0.3) is 0 Å². The highest BCUT2D eigenvalue weighted by Gasteiger charge is 2.06. The summed E-state index contributed by atoms with van der Waals surface area (Å²) in [5.41, 5.74) is 1.62. The van der Waals surface area contributed by atoms with Gasteiger partial charge in [-0.05, 0) is 43.0 Å². The highest BCUT2D eigenvalue weighted by molar-refractivity contribution is 5.45. The van der Waals surface area contributed by atoms with Gasteiger partial charge in [-0.15, -0.1) is 0 Å². The number of hydrogen-bond acceptors (Lipinski definition) is 2. The zero-order chi connectivity index (χ0) is 12.0. The molecule has 0 radical (unpaired) electrons. The van der Waals surface area contributed by atoms with E-state index in [1.807, 2.05) is 6.92 Å². The molecule has 0 saturated heterocycles. The van der Waals surface area contributed by atoms with Crippen LogP contribution in [-0.2, 0) is 6.42 Å². The lowest BCUT2D eigenvalue weighted by Gasteiger charge is -2.08. The summed E-state index contributed by atoms with van der Waals surface area (Å²) >= 11 is 0. The molecule has 2 N–H and O–H groups in total. The molecular formula is C14H22O2. The molecule has 0 spiro atoms. The van der Waals surface area contributed by atoms with Crippen LogP contribution in [-0.4, -0.2) is 10.2 Å². The molecule has 0 bridgehead atoms. The van der Waals surface area contributed by atoms with Crippen LogP contribution in [0.15, 0.2) is 12.1 Å². The van der Waals surface area contributed by atoms with Crippen LogP contribution in [0.25, 0.3) is 0 Å². The summed E-state index contributed by atoms with van der Waals surface area (Å²) in [4.78, 5) is 0. The van der Waals surface area contributed by atoms with Gasteiger partial charge >= 0.3 is 0 Å². The van der Waals surface area contributed by atoms with E-state index in [2.05, 4.69) is 6.92 Å². The Balaban J connectivity index is 2.47. The van der Waals surface area contributed by atoms with Crippen LogP contribution in [0.5, 0.6) is 11.5 Å². The van der Waals surface area contributed by atoms with Gasteiger partial charge in [-0.2, -0.15) is 0 Å². The van der Waals surface area contributed by atoms with Crippen molar-refractivity contribution < 1.29 is 10.2 Å². The second-order valence-electron chi connectivity index (χ2n) is 4.43. The molecular weight excluding hydrogens is 200 g/mol. The topological polar surface area (TPSA) is 40.5 Å². The Kier molecular flexibility index (Phi) is 5.17. The number of phenolic OH excluding ortho intramolecular Hbond substituents is 2. The van der Waals surface area contributed by atoms with Gasteiger partial charge in [0, 0.05) is 0 Å². The molecule has 2 nitrogen and oxygen atoms in total. The van der Waals surface area contributed by atoms with Crippen LogP contribution in [0.2, 0.25) is 0 Å². The van der Waals surface area contributed by atoms with E-state index in [0.717, 1.165) is 24.0 Å². The smallest absolute Gasteiger partial charge is 0.121 e. The predicted octanol–water partition coefficient (Wildman–Crippen LogP) is 3.92. The molecule has 0 aliphatic heterocycles. The number of unbranched alkanes of at least 4 members (excludes halogenated alkanes) is 4. The van der Waals surface area contributed by atoms with Gasteiger partial charge in [-0.25, -0.2) is 0 Å². The second kappa shape index (κ2) is 6.41. The van der Waals surface area contributed by atoms with Crippen molar-refractivity contribution in [2.75, 3.05) is 0 Å². The average Bonchev–Trinajstić information content (AvgIpc) is 2.24. The van der Waals surface area contributed by atoms with Gasteiger partial charge in [0.2, 0.25) is 0 Å². The van der Waals surface area contributed by atoms with Crippen molar-refractivity contribution in [1.82, 2.24) is 0 Å². The summed E-state index contributed by atoms with van der Waals surface area (Å²) in [6.45, 7) is 4.01. The third kappa shape index (κ3) is 3.76. The average molecular weight is 222 g/mol. The molecule has 0 amide bonds. The summed E-state index contributed by atoms with van der Waals surface area (Å²) in [6.07, 6.45) is 6.92. The number of aryl methyl sites for hydroxylation is 2. The van der Waals surface area contributed by atoms with Crippen molar-refractivity contribution in [2.24, 2.45) is 0 Å². The van der Waals surface area contributed by atoms with Crippen LogP contribution >= 0.6 is 0 Å². The zero-order valence-corrected chi connectivity index (χ0v) is 10.3. The Morgan fingerprint density at radius 3 is 2.38 bits per heavy atom. The molecule has 0 unspecified atom stereocenters. The van der Waals surface area contributed by atoms with E-state index in [4.69, 9.17) is 0 Å². The van der Waals surface area contributed by atoms with Crippen molar-refractivity contribution in [3.63, 3.8) is 0 Å². The third-order valence-electron chi connectivity index (χ3n) is 2.91. The van der Waals surface area contributed by atoms with Crippen LogP contribution in [0.3, 0.4) is 0 Å². The molecule has 16 heavy (non-hydrogen) atoms. The fourth-order valence-corrected chi connectivity index (χ4v) is 1.94. The fraction of sp³-hybridized carbons (Fsp3) is 0.571. The molecule has 0 heterocycles. The van der Waals surface area contributed by atoms with Crippen LogP contribution < -0.4 is 0 Å². The lowest BCUT2D eigenvalue weighted by atomic mass is 10.0. The standard InChI is InChI=1S/C14H22O2/c1-3-4-5-6-7-8-12-10-13(15)9-11(2)14(12)16/h9-10,15-16H,3-8H2,1-2H3. The van der Waals surface area contributed by atoms with Crippen molar-refractivity contribution in [2.45, 2.75) is 52.4 Å². The Morgan fingerprint density at radius 1 is 1.00 bits per heavy atom. The Hall–Kier alpha value is -1.18. The number of benzene rings is 1. The minimum Gasteiger partial charge on any atom is -0.508 e. The van der Waals surface area contributed by atoms with Crippen molar-refractivity contribution in [3.8, 4) is 11.5 Å². The summed E-state index contributed by atoms with van der Waals surface area (Å²) < 4.78 is 0. The maximum Gasteiger partial charge on any atom is 0.121 e. The SMILES string of the molecule is CCCCCCCc1cc(O)cc(C)c1O. The van der Waals surface area contributed by atoms with E-state index in [-0.39, 0.29) is 5.75 Å². The highest BCUT2D eigenvalue weighted by atomic mass is 16.3. The molecule has 0 fully saturated rings. The van der Waals surface area contributed by atoms with Gasteiger partial charge in [-0.3, -0.25) is 0 Å². The van der Waals surface area contributed by atoms with Crippen molar-refractivity contribution in [1.29, 1.82) is 0 Å². The van der Waals surface area contributed by atoms with Crippen LogP contribution in [0.4, 0.5) is 0 Å². The maximum atomic E-state index is 9.81. The number of hydrogen-bond donors (Lipinski definition) is 2. The zero-order valence-electron chi connectivity index (χ0n) is 10.3. The molecule has 1 rings (SSSR count). The summed E-state index contributed by atoms with van der Waals surface area (Å²) in [5, 5.41) is 19.3. The van der Waals surface area contributed by atoms with E-state index in [9.17, 15) is 10.2 Å². The first-order valence-electron chi connectivity index (χ1n) is 6.16. The van der Waals surface area contributed by atoms with Gasteiger partial charge in [0.1, 0.15) is 11.5 Å². The molecule has 0 aromatic heterocycles. The van der Waals surface area contributed by atoms with Gasteiger partial charge in [0.05, 0.1) is 0 Å². The molecule has 0 atom stereocenters. The minimum atomic E-state index is 0.249. The quantitative estimate of drug-likeness (QED) is 0.565. The monoisotopic (exact) mass is 222 g/mol. The Labute approximate surface area is 97.9 Å². The summed E-state index contributed by atoms with van der Waals surface area (Å²) in [7, 11) is 0. The van der Waals surface area contributed by atoms with Crippen LogP contribution in [0, 0.1) is 6.92 Å². The van der Waals surface area contributed by atoms with E-state index >= 15 is 0 Å². The first-order chi connectivity index (χ1) is 7.65. The third-order valence-corrected chi connectivity index (χ3v) is 2.91. The van der Waals surface area contributed by atoms with E-state index in [0.29, 0.717) is 5.75 Å². The van der Waals surface area contributed by atoms with Gasteiger partial charge < -0.3 is 10.2 Å². The number of rotatable bonds is 6. The van der Waals surface area contributed by atoms with E-state index < -0.39 is 0 Å². The number of aromatic hydroxyl groups is 2. The minimum absolute atomic E-state index is 0.249. The van der Waals surface area contributed by atoms with Crippen molar-refractivity contribution in [3.05, 3.63) is 23.3 Å². The molecule has 0 aliphatic carbocycles. The van der Waals surface area contributed by atoms with Gasteiger partial charge in [0.15, 0.2) is 0 Å². The molecule has 1 aromatic carbocycles. The molecule has 0 saturated carbocycles. The van der Waals surface area contributed by atoms with E-state index in [1.165, 1.54) is 25.7 Å². The Morgan fingerprint density at radius 2 is 1.69 bits per heavy atom. The largest absolute Gasteiger partial charge is 0.508 e. The maximum absolute atomic E-state index is 9.81. The number of phenols is 2. The second-order valence-corrected chi connectivity index (χ2v) is 4.43.